The molecule has 0 N–H and O–H groups in total. The van der Waals surface area contributed by atoms with Crippen molar-refractivity contribution in [1.29, 1.82) is 0 Å². The Morgan fingerprint density at radius 1 is 1.07 bits per heavy atom. The third-order valence-electron chi connectivity index (χ3n) is 2.15. The standard InChI is InChI=1S/C10H23BrO2S/c1-4-7-9-14(11,12,13-6-3)10-8-5-2/h4-10H2,1-3H3. The first-order valence-corrected chi connectivity index (χ1v) is 9.55. The molecule has 0 spiro atoms. The van der Waals surface area contributed by atoms with Crippen LogP contribution in [0, 0.1) is 0 Å². The van der Waals surface area contributed by atoms with Crippen LogP contribution in [0.1, 0.15) is 46.5 Å². The highest BCUT2D eigenvalue weighted by Crippen LogP contribution is 2.37. The summed E-state index contributed by atoms with van der Waals surface area (Å²) in [5, 5.41) is 0. The maximum absolute atomic E-state index is 12.6. The highest BCUT2D eigenvalue weighted by molar-refractivity contribution is 9.52. The maximum Gasteiger partial charge on any atom is 0.0689 e. The zero-order chi connectivity index (χ0) is 11.1. The van der Waals surface area contributed by atoms with Crippen molar-refractivity contribution in [2.24, 2.45) is 0 Å². The van der Waals surface area contributed by atoms with Crippen LogP contribution in [0.2, 0.25) is 0 Å². The third-order valence-corrected chi connectivity index (χ3v) is 7.54. The Labute approximate surface area is 95.6 Å². The van der Waals surface area contributed by atoms with Crippen molar-refractivity contribution in [3.05, 3.63) is 0 Å². The van der Waals surface area contributed by atoms with Gasteiger partial charge in [-0.15, -0.1) is 7.78 Å². The lowest BCUT2D eigenvalue weighted by molar-refractivity contribution is 0.352. The molecule has 0 bridgehead atoms. The molecule has 0 fully saturated rings. The van der Waals surface area contributed by atoms with Crippen LogP contribution < -0.4 is 0 Å². The van der Waals surface area contributed by atoms with Gasteiger partial charge in [0.1, 0.15) is 0 Å². The molecule has 14 heavy (non-hydrogen) atoms. The van der Waals surface area contributed by atoms with Crippen LogP contribution in [0.25, 0.3) is 0 Å². The summed E-state index contributed by atoms with van der Waals surface area (Å²) in [6, 6.07) is 0. The van der Waals surface area contributed by atoms with Crippen molar-refractivity contribution < 1.29 is 8.39 Å². The predicted molar refractivity (Wildman–Crippen MR) is 68.2 cm³/mol. The number of hydrogen-bond acceptors (Lipinski definition) is 2. The lowest BCUT2D eigenvalue weighted by atomic mass is 10.4. The van der Waals surface area contributed by atoms with Gasteiger partial charge < -0.3 is 0 Å². The number of halogens is 1. The number of rotatable bonds is 8. The second kappa shape index (κ2) is 6.23. The fourth-order valence-corrected chi connectivity index (χ4v) is 5.88. The third kappa shape index (κ3) is 5.47. The van der Waals surface area contributed by atoms with Crippen LogP contribution in [0.3, 0.4) is 0 Å². The summed E-state index contributed by atoms with van der Waals surface area (Å²) >= 11 is 3.38. The van der Waals surface area contributed by atoms with Crippen LogP contribution in [-0.4, -0.2) is 22.3 Å². The van der Waals surface area contributed by atoms with Gasteiger partial charge in [0.25, 0.3) is 0 Å². The SMILES string of the molecule is CCCCS(=O)(Br)(CCCC)OCC. The molecule has 0 aliphatic rings. The Bertz CT molecular complexity index is 204. The highest BCUT2D eigenvalue weighted by Gasteiger charge is 2.26. The van der Waals surface area contributed by atoms with Crippen molar-refractivity contribution in [1.82, 2.24) is 0 Å². The Morgan fingerprint density at radius 2 is 1.50 bits per heavy atom. The van der Waals surface area contributed by atoms with E-state index in [1.165, 1.54) is 0 Å². The molecule has 0 heterocycles. The summed E-state index contributed by atoms with van der Waals surface area (Å²) < 4.78 is 18.1. The fraction of sp³-hybridized carbons (Fsp3) is 1.00. The molecule has 0 rings (SSSR count). The summed E-state index contributed by atoms with van der Waals surface area (Å²) in [7, 11) is -2.94. The summed E-state index contributed by atoms with van der Waals surface area (Å²) in [5.74, 6) is 1.31. The van der Waals surface area contributed by atoms with Gasteiger partial charge in [-0.1, -0.05) is 26.7 Å². The van der Waals surface area contributed by atoms with E-state index >= 15 is 0 Å². The monoisotopic (exact) mass is 286 g/mol. The van der Waals surface area contributed by atoms with Crippen LogP contribution in [-0.2, 0) is 12.0 Å². The van der Waals surface area contributed by atoms with Crippen molar-refractivity contribution in [2.45, 2.75) is 46.5 Å². The molecule has 4 heteroatoms. The maximum atomic E-state index is 12.6. The van der Waals surface area contributed by atoms with Crippen molar-refractivity contribution in [3.63, 3.8) is 0 Å². The summed E-state index contributed by atoms with van der Waals surface area (Å²) in [6.07, 6.45) is 4.03. The van der Waals surface area contributed by atoms with Gasteiger partial charge >= 0.3 is 0 Å². The van der Waals surface area contributed by atoms with Crippen molar-refractivity contribution in [3.8, 4) is 0 Å². The second-order valence-corrected chi connectivity index (χ2v) is 11.2. The smallest absolute Gasteiger partial charge is 0.0689 e. The second-order valence-electron chi connectivity index (χ2n) is 3.61. The Hall–Kier alpha value is 0.590. The van der Waals surface area contributed by atoms with Crippen molar-refractivity contribution >= 4 is 22.6 Å². The zero-order valence-electron chi connectivity index (χ0n) is 9.55. The van der Waals surface area contributed by atoms with E-state index in [9.17, 15) is 4.21 Å². The van der Waals surface area contributed by atoms with E-state index in [4.69, 9.17) is 4.18 Å². The van der Waals surface area contributed by atoms with E-state index in [1.807, 2.05) is 6.92 Å². The Kier molecular flexibility index (Phi) is 6.50. The first-order chi connectivity index (χ1) is 6.46. The van der Waals surface area contributed by atoms with Crippen LogP contribution >= 0.6 is 14.8 Å². The van der Waals surface area contributed by atoms with E-state index in [0.717, 1.165) is 25.7 Å². The molecule has 88 valence electrons. The molecular weight excluding hydrogens is 264 g/mol. The average molecular weight is 287 g/mol. The lowest BCUT2D eigenvalue weighted by Gasteiger charge is -2.41. The molecule has 2 nitrogen and oxygen atoms in total. The molecule has 0 amide bonds. The quantitative estimate of drug-likeness (QED) is 0.637. The minimum absolute atomic E-state index is 0.518. The molecule has 0 radical (unpaired) electrons. The van der Waals surface area contributed by atoms with Crippen LogP contribution in [0.4, 0.5) is 0 Å². The van der Waals surface area contributed by atoms with Crippen LogP contribution in [0.5, 0.6) is 0 Å². The molecule has 0 aliphatic heterocycles. The molecule has 0 aromatic heterocycles. The summed E-state index contributed by atoms with van der Waals surface area (Å²) in [6.45, 7) is 6.62. The van der Waals surface area contributed by atoms with Crippen molar-refractivity contribution in [2.75, 3.05) is 18.1 Å². The lowest BCUT2D eigenvalue weighted by Crippen LogP contribution is -2.35. The predicted octanol–water partition coefficient (Wildman–Crippen LogP) is 3.67. The minimum Gasteiger partial charge on any atom is -0.279 e. The van der Waals surface area contributed by atoms with E-state index in [1.54, 1.807) is 0 Å². The van der Waals surface area contributed by atoms with Gasteiger partial charge in [0.15, 0.2) is 0 Å². The Morgan fingerprint density at radius 3 is 1.79 bits per heavy atom. The fourth-order valence-electron chi connectivity index (χ4n) is 1.32. The van der Waals surface area contributed by atoms with E-state index in [0.29, 0.717) is 18.1 Å². The number of unbranched alkanes of at least 4 members (excludes halogenated alkanes) is 2. The van der Waals surface area contributed by atoms with Gasteiger partial charge in [-0.3, -0.25) is 4.18 Å². The van der Waals surface area contributed by atoms with Gasteiger partial charge in [-0.05, 0) is 19.8 Å². The molecular formula is C10H23BrO2S. The molecule has 0 aromatic carbocycles. The highest BCUT2D eigenvalue weighted by atomic mass is 79.9. The first kappa shape index (κ1) is 14.6. The van der Waals surface area contributed by atoms with Gasteiger partial charge in [-0.2, -0.15) is 4.21 Å². The van der Waals surface area contributed by atoms with Gasteiger partial charge in [0, 0.05) is 11.5 Å². The first-order valence-electron chi connectivity index (χ1n) is 5.47. The van der Waals surface area contributed by atoms with Gasteiger partial charge in [0.05, 0.1) is 21.4 Å². The number of hydrogen-bond donors (Lipinski definition) is 0. The molecule has 0 unspecified atom stereocenters. The zero-order valence-corrected chi connectivity index (χ0v) is 12.0. The molecule has 0 saturated carbocycles. The summed E-state index contributed by atoms with van der Waals surface area (Å²) in [5.41, 5.74) is 0. The minimum atomic E-state index is -2.94. The van der Waals surface area contributed by atoms with E-state index in [2.05, 4.69) is 28.7 Å². The average Bonchev–Trinajstić information content (AvgIpc) is 2.13. The summed E-state index contributed by atoms with van der Waals surface area (Å²) in [4.78, 5) is 0. The van der Waals surface area contributed by atoms with Gasteiger partial charge in [0.2, 0.25) is 0 Å². The molecule has 0 atom stereocenters. The van der Waals surface area contributed by atoms with E-state index in [-0.39, 0.29) is 0 Å². The normalized spacial score (nSPS) is 15.0. The molecule has 0 aromatic rings. The molecule has 0 aliphatic carbocycles. The molecule has 0 saturated heterocycles. The largest absolute Gasteiger partial charge is 0.279 e. The van der Waals surface area contributed by atoms with E-state index < -0.39 is 7.78 Å². The topological polar surface area (TPSA) is 26.3 Å². The van der Waals surface area contributed by atoms with Gasteiger partial charge in [-0.25, -0.2) is 0 Å². The Balaban J connectivity index is 4.39. The van der Waals surface area contributed by atoms with Crippen LogP contribution in [0.15, 0.2) is 0 Å².